The van der Waals surface area contributed by atoms with Crippen molar-refractivity contribution in [3.8, 4) is 0 Å². The van der Waals surface area contributed by atoms with Crippen LogP contribution in [-0.2, 0) is 6.54 Å². The first-order valence-electron chi connectivity index (χ1n) is 5.80. The highest BCUT2D eigenvalue weighted by molar-refractivity contribution is 7.17. The van der Waals surface area contributed by atoms with Gasteiger partial charge in [-0.1, -0.05) is 11.6 Å². The third-order valence-corrected chi connectivity index (χ3v) is 4.00. The zero-order chi connectivity index (χ0) is 13.4. The van der Waals surface area contributed by atoms with E-state index in [4.69, 9.17) is 11.6 Å². The Morgan fingerprint density at radius 2 is 2.32 bits per heavy atom. The van der Waals surface area contributed by atoms with Crippen LogP contribution in [0.5, 0.6) is 0 Å². The fourth-order valence-electron chi connectivity index (χ4n) is 1.94. The number of hydrogen-bond acceptors (Lipinski definition) is 4. The molecule has 96 valence electrons. The molecule has 0 atom stereocenters. The SMILES string of the molecule is CCn1ncc(Cl)c1C(=O)c1cnc2ccsc2c1. The number of halogens is 1. The molecule has 0 aliphatic heterocycles. The Labute approximate surface area is 118 Å². The predicted molar refractivity (Wildman–Crippen MR) is 76.0 cm³/mol. The fourth-order valence-corrected chi connectivity index (χ4v) is 2.94. The van der Waals surface area contributed by atoms with E-state index in [-0.39, 0.29) is 5.78 Å². The van der Waals surface area contributed by atoms with Crippen LogP contribution in [0.1, 0.15) is 23.0 Å². The van der Waals surface area contributed by atoms with E-state index in [0.717, 1.165) is 10.2 Å². The van der Waals surface area contributed by atoms with Crippen molar-refractivity contribution in [3.63, 3.8) is 0 Å². The molecule has 0 radical (unpaired) electrons. The molecule has 4 nitrogen and oxygen atoms in total. The average molecular weight is 292 g/mol. The van der Waals surface area contributed by atoms with Gasteiger partial charge in [0, 0.05) is 18.3 Å². The van der Waals surface area contributed by atoms with E-state index in [1.54, 1.807) is 22.2 Å². The molecule has 3 aromatic heterocycles. The monoisotopic (exact) mass is 291 g/mol. The van der Waals surface area contributed by atoms with Crippen LogP contribution in [0.2, 0.25) is 5.02 Å². The van der Waals surface area contributed by atoms with Gasteiger partial charge >= 0.3 is 0 Å². The lowest BCUT2D eigenvalue weighted by Gasteiger charge is -2.04. The van der Waals surface area contributed by atoms with E-state index in [1.165, 1.54) is 6.20 Å². The van der Waals surface area contributed by atoms with Gasteiger partial charge in [0.1, 0.15) is 5.69 Å². The van der Waals surface area contributed by atoms with Crippen molar-refractivity contribution in [1.29, 1.82) is 0 Å². The van der Waals surface area contributed by atoms with Gasteiger partial charge in [0.2, 0.25) is 5.78 Å². The van der Waals surface area contributed by atoms with E-state index in [0.29, 0.717) is 22.8 Å². The van der Waals surface area contributed by atoms with Gasteiger partial charge in [-0.15, -0.1) is 11.3 Å². The summed E-state index contributed by atoms with van der Waals surface area (Å²) in [5, 5.41) is 6.41. The molecule has 0 amide bonds. The minimum Gasteiger partial charge on any atom is -0.287 e. The number of pyridine rings is 1. The second kappa shape index (κ2) is 4.75. The van der Waals surface area contributed by atoms with Gasteiger partial charge in [0.05, 0.1) is 21.4 Å². The third kappa shape index (κ3) is 2.05. The zero-order valence-electron chi connectivity index (χ0n) is 10.1. The van der Waals surface area contributed by atoms with Gasteiger partial charge in [0.15, 0.2) is 0 Å². The summed E-state index contributed by atoms with van der Waals surface area (Å²) in [5.41, 5.74) is 1.85. The Morgan fingerprint density at radius 3 is 3.11 bits per heavy atom. The maximum atomic E-state index is 12.5. The normalized spacial score (nSPS) is 11.1. The van der Waals surface area contributed by atoms with Crippen LogP contribution in [0.15, 0.2) is 29.9 Å². The molecule has 3 aromatic rings. The molecule has 0 bridgehead atoms. The molecule has 3 heterocycles. The maximum absolute atomic E-state index is 12.5. The van der Waals surface area contributed by atoms with Gasteiger partial charge in [0.25, 0.3) is 0 Å². The molecule has 0 aliphatic carbocycles. The molecule has 6 heteroatoms. The topological polar surface area (TPSA) is 47.8 Å². The van der Waals surface area contributed by atoms with E-state index < -0.39 is 0 Å². The molecule has 0 N–H and O–H groups in total. The molecule has 0 spiro atoms. The first kappa shape index (κ1) is 12.3. The lowest BCUT2D eigenvalue weighted by Crippen LogP contribution is -2.11. The number of nitrogens with zero attached hydrogens (tertiary/aromatic N) is 3. The Hall–Kier alpha value is -1.72. The summed E-state index contributed by atoms with van der Waals surface area (Å²) in [7, 11) is 0. The summed E-state index contributed by atoms with van der Waals surface area (Å²) in [6.07, 6.45) is 3.08. The van der Waals surface area contributed by atoms with Crippen LogP contribution in [0, 0.1) is 0 Å². The molecule has 0 aliphatic rings. The van der Waals surface area contributed by atoms with Crippen LogP contribution < -0.4 is 0 Å². The third-order valence-electron chi connectivity index (χ3n) is 2.87. The minimum absolute atomic E-state index is 0.146. The molecule has 0 unspecified atom stereocenters. The largest absolute Gasteiger partial charge is 0.287 e. The van der Waals surface area contributed by atoms with Crippen LogP contribution >= 0.6 is 22.9 Å². The van der Waals surface area contributed by atoms with Crippen LogP contribution in [0.4, 0.5) is 0 Å². The first-order valence-corrected chi connectivity index (χ1v) is 7.05. The number of hydrogen-bond donors (Lipinski definition) is 0. The summed E-state index contributed by atoms with van der Waals surface area (Å²) >= 11 is 7.60. The molecule has 0 fully saturated rings. The Balaban J connectivity index is 2.09. The summed E-state index contributed by atoms with van der Waals surface area (Å²) in [4.78, 5) is 16.8. The van der Waals surface area contributed by atoms with E-state index >= 15 is 0 Å². The number of aromatic nitrogens is 3. The molecule has 0 saturated carbocycles. The smallest absolute Gasteiger partial charge is 0.214 e. The summed E-state index contributed by atoms with van der Waals surface area (Å²) in [6.45, 7) is 2.52. The molecular formula is C13H10ClN3OS. The molecule has 0 aromatic carbocycles. The number of aryl methyl sites for hydroxylation is 1. The van der Waals surface area contributed by atoms with Gasteiger partial charge in [-0.05, 0) is 24.4 Å². The molecular weight excluding hydrogens is 282 g/mol. The lowest BCUT2D eigenvalue weighted by atomic mass is 10.1. The standard InChI is InChI=1S/C13H10ClN3OS/c1-2-17-12(9(14)7-16-17)13(18)8-5-11-10(15-6-8)3-4-19-11/h3-7H,2H2,1H3. The number of carbonyl (C=O) groups excluding carboxylic acids is 1. The van der Waals surface area contributed by atoms with Crippen LogP contribution in [-0.4, -0.2) is 20.5 Å². The van der Waals surface area contributed by atoms with E-state index in [2.05, 4.69) is 10.1 Å². The highest BCUT2D eigenvalue weighted by Crippen LogP contribution is 2.23. The van der Waals surface area contributed by atoms with Crippen molar-refractivity contribution < 1.29 is 4.79 Å². The number of fused-ring (bicyclic) bond motifs is 1. The summed E-state index contributed by atoms with van der Waals surface area (Å²) < 4.78 is 2.59. The number of thiophene rings is 1. The highest BCUT2D eigenvalue weighted by Gasteiger charge is 2.19. The minimum atomic E-state index is -0.146. The second-order valence-electron chi connectivity index (χ2n) is 4.01. The highest BCUT2D eigenvalue weighted by atomic mass is 35.5. The molecule has 0 saturated heterocycles. The quantitative estimate of drug-likeness (QED) is 0.695. The maximum Gasteiger partial charge on any atom is 0.214 e. The van der Waals surface area contributed by atoms with Crippen molar-refractivity contribution in [2.45, 2.75) is 13.5 Å². The number of ketones is 1. The number of rotatable bonds is 3. The van der Waals surface area contributed by atoms with Crippen LogP contribution in [0.3, 0.4) is 0 Å². The van der Waals surface area contributed by atoms with Crippen molar-refractivity contribution in [2.75, 3.05) is 0 Å². The Bertz CT molecular complexity index is 762. The van der Waals surface area contributed by atoms with E-state index in [9.17, 15) is 4.79 Å². The summed E-state index contributed by atoms with van der Waals surface area (Å²) in [5.74, 6) is -0.146. The van der Waals surface area contributed by atoms with E-state index in [1.807, 2.05) is 24.4 Å². The second-order valence-corrected chi connectivity index (χ2v) is 5.37. The van der Waals surface area contributed by atoms with Crippen molar-refractivity contribution in [1.82, 2.24) is 14.8 Å². The van der Waals surface area contributed by atoms with Crippen molar-refractivity contribution >= 4 is 38.9 Å². The Kier molecular flexibility index (Phi) is 3.08. The predicted octanol–water partition coefficient (Wildman–Crippen LogP) is 3.40. The van der Waals surface area contributed by atoms with Gasteiger partial charge in [-0.2, -0.15) is 5.10 Å². The van der Waals surface area contributed by atoms with Crippen LogP contribution in [0.25, 0.3) is 10.2 Å². The molecule has 19 heavy (non-hydrogen) atoms. The van der Waals surface area contributed by atoms with Gasteiger partial charge in [-0.3, -0.25) is 14.5 Å². The summed E-state index contributed by atoms with van der Waals surface area (Å²) in [6, 6.07) is 3.77. The molecule has 3 rings (SSSR count). The van der Waals surface area contributed by atoms with Gasteiger partial charge < -0.3 is 0 Å². The number of carbonyl (C=O) groups is 1. The van der Waals surface area contributed by atoms with Crippen molar-refractivity contribution in [2.24, 2.45) is 0 Å². The fraction of sp³-hybridized carbons (Fsp3) is 0.154. The van der Waals surface area contributed by atoms with Crippen molar-refractivity contribution in [3.05, 3.63) is 46.2 Å². The Morgan fingerprint density at radius 1 is 1.47 bits per heavy atom. The zero-order valence-corrected chi connectivity index (χ0v) is 11.7. The first-order chi connectivity index (χ1) is 9.20. The lowest BCUT2D eigenvalue weighted by molar-refractivity contribution is 0.102. The van der Waals surface area contributed by atoms with Gasteiger partial charge in [-0.25, -0.2) is 0 Å². The average Bonchev–Trinajstić information content (AvgIpc) is 3.02.